The fourth-order valence-corrected chi connectivity index (χ4v) is 3.41. The maximum Gasteiger partial charge on any atom is 0.142 e. The first kappa shape index (κ1) is 14.1. The van der Waals surface area contributed by atoms with Gasteiger partial charge in [-0.25, -0.2) is 0 Å². The molecule has 18 heavy (non-hydrogen) atoms. The van der Waals surface area contributed by atoms with Crippen LogP contribution in [-0.2, 0) is 17.6 Å². The second-order valence-electron chi connectivity index (χ2n) is 3.83. The van der Waals surface area contributed by atoms with Crippen LogP contribution in [0, 0.1) is 0 Å². The van der Waals surface area contributed by atoms with Gasteiger partial charge in [0.2, 0.25) is 0 Å². The van der Waals surface area contributed by atoms with Crippen molar-refractivity contribution in [1.82, 2.24) is 0 Å². The zero-order valence-electron chi connectivity index (χ0n) is 9.25. The highest BCUT2D eigenvalue weighted by Crippen LogP contribution is 2.25. The van der Waals surface area contributed by atoms with Gasteiger partial charge in [-0.05, 0) is 45.1 Å². The van der Waals surface area contributed by atoms with Gasteiger partial charge in [0.05, 0.1) is 10.0 Å². The van der Waals surface area contributed by atoms with Crippen molar-refractivity contribution in [2.75, 3.05) is 0 Å². The minimum Gasteiger partial charge on any atom is -0.299 e. The van der Waals surface area contributed by atoms with Crippen LogP contribution in [0.3, 0.4) is 0 Å². The van der Waals surface area contributed by atoms with Crippen LogP contribution in [0.2, 0.25) is 10.0 Å². The van der Waals surface area contributed by atoms with E-state index in [1.165, 1.54) is 0 Å². The van der Waals surface area contributed by atoms with Crippen LogP contribution >= 0.6 is 50.5 Å². The Morgan fingerprint density at radius 2 is 1.94 bits per heavy atom. The number of Topliss-reactive ketones (excluding diaryl/α,β-unsaturated/α-hetero) is 1. The highest BCUT2D eigenvalue weighted by Gasteiger charge is 2.10. The number of thiophene rings is 1. The fraction of sp³-hybridized carbons (Fsp3) is 0.154. The highest BCUT2D eigenvalue weighted by molar-refractivity contribution is 9.10. The molecule has 0 unspecified atom stereocenters. The first-order valence-corrected chi connectivity index (χ1v) is 7.66. The molecule has 1 aromatic carbocycles. The normalized spacial score (nSPS) is 10.6. The topological polar surface area (TPSA) is 17.1 Å². The SMILES string of the molecule is O=C(Cc1ccc(Cl)c(Cl)c1)Cc1sccc1Br. The summed E-state index contributed by atoms with van der Waals surface area (Å²) in [6.45, 7) is 0. The zero-order valence-corrected chi connectivity index (χ0v) is 13.2. The maximum absolute atomic E-state index is 11.9. The third kappa shape index (κ3) is 3.58. The lowest BCUT2D eigenvalue weighted by atomic mass is 10.1. The van der Waals surface area contributed by atoms with Crippen molar-refractivity contribution in [2.45, 2.75) is 12.8 Å². The Bertz CT molecular complexity index is 580. The summed E-state index contributed by atoms with van der Waals surface area (Å²) >= 11 is 16.7. The first-order chi connectivity index (χ1) is 8.56. The van der Waals surface area contributed by atoms with Crippen LogP contribution in [0.5, 0.6) is 0 Å². The molecule has 94 valence electrons. The van der Waals surface area contributed by atoms with Gasteiger partial charge in [0.1, 0.15) is 5.78 Å². The molecule has 0 bridgehead atoms. The van der Waals surface area contributed by atoms with Crippen LogP contribution in [0.25, 0.3) is 0 Å². The molecule has 1 aromatic heterocycles. The molecular formula is C13H9BrCl2OS. The summed E-state index contributed by atoms with van der Waals surface area (Å²) in [4.78, 5) is 13.0. The Balaban J connectivity index is 2.03. The van der Waals surface area contributed by atoms with E-state index in [-0.39, 0.29) is 5.78 Å². The Labute approximate surface area is 128 Å². The van der Waals surface area contributed by atoms with Gasteiger partial charge in [0, 0.05) is 22.2 Å². The summed E-state index contributed by atoms with van der Waals surface area (Å²) < 4.78 is 0.995. The number of hydrogen-bond acceptors (Lipinski definition) is 2. The molecule has 0 aliphatic carbocycles. The van der Waals surface area contributed by atoms with Crippen LogP contribution in [0.1, 0.15) is 10.4 Å². The summed E-state index contributed by atoms with van der Waals surface area (Å²) in [5, 5.41) is 2.96. The van der Waals surface area contributed by atoms with Crippen molar-refractivity contribution in [1.29, 1.82) is 0 Å². The monoisotopic (exact) mass is 362 g/mol. The van der Waals surface area contributed by atoms with Crippen molar-refractivity contribution in [3.63, 3.8) is 0 Å². The molecule has 0 spiro atoms. The van der Waals surface area contributed by atoms with Crippen LogP contribution < -0.4 is 0 Å². The molecule has 0 radical (unpaired) electrons. The number of rotatable bonds is 4. The van der Waals surface area contributed by atoms with E-state index >= 15 is 0 Å². The van der Waals surface area contributed by atoms with Crippen molar-refractivity contribution in [3.05, 3.63) is 54.6 Å². The van der Waals surface area contributed by atoms with Gasteiger partial charge in [-0.3, -0.25) is 4.79 Å². The molecule has 5 heteroatoms. The number of halogens is 3. The van der Waals surface area contributed by atoms with E-state index < -0.39 is 0 Å². The van der Waals surface area contributed by atoms with Gasteiger partial charge >= 0.3 is 0 Å². The summed E-state index contributed by atoms with van der Waals surface area (Å²) in [6, 6.07) is 7.24. The molecule has 0 fully saturated rings. The predicted molar refractivity (Wildman–Crippen MR) is 80.9 cm³/mol. The van der Waals surface area contributed by atoms with E-state index in [9.17, 15) is 4.79 Å². The summed E-state index contributed by atoms with van der Waals surface area (Å²) in [7, 11) is 0. The van der Waals surface area contributed by atoms with Crippen LogP contribution in [0.4, 0.5) is 0 Å². The number of carbonyl (C=O) groups is 1. The van der Waals surface area contributed by atoms with Gasteiger partial charge in [-0.1, -0.05) is 29.3 Å². The summed E-state index contributed by atoms with van der Waals surface area (Å²) in [5.74, 6) is 0.163. The summed E-state index contributed by atoms with van der Waals surface area (Å²) in [5.41, 5.74) is 0.891. The Hall–Kier alpha value is -0.350. The lowest BCUT2D eigenvalue weighted by Gasteiger charge is -2.03. The number of ketones is 1. The molecule has 1 heterocycles. The third-order valence-corrected chi connectivity index (χ3v) is 5.10. The molecule has 0 saturated heterocycles. The third-order valence-electron chi connectivity index (χ3n) is 2.43. The molecule has 0 amide bonds. The minimum absolute atomic E-state index is 0.163. The highest BCUT2D eigenvalue weighted by atomic mass is 79.9. The molecule has 2 rings (SSSR count). The lowest BCUT2D eigenvalue weighted by molar-refractivity contribution is -0.117. The molecule has 1 nitrogen and oxygen atoms in total. The second kappa shape index (κ2) is 6.20. The molecular weight excluding hydrogens is 355 g/mol. The Morgan fingerprint density at radius 1 is 1.17 bits per heavy atom. The second-order valence-corrected chi connectivity index (χ2v) is 6.50. The van der Waals surface area contributed by atoms with Crippen LogP contribution in [0.15, 0.2) is 34.1 Å². The van der Waals surface area contributed by atoms with Gasteiger partial charge in [-0.15, -0.1) is 11.3 Å². The minimum atomic E-state index is 0.163. The number of hydrogen-bond donors (Lipinski definition) is 0. The van der Waals surface area contributed by atoms with Gasteiger partial charge in [0.25, 0.3) is 0 Å². The average Bonchev–Trinajstić information content (AvgIpc) is 2.70. The van der Waals surface area contributed by atoms with Crippen molar-refractivity contribution >= 4 is 56.3 Å². The Morgan fingerprint density at radius 3 is 2.56 bits per heavy atom. The van der Waals surface area contributed by atoms with Gasteiger partial charge in [-0.2, -0.15) is 0 Å². The number of carbonyl (C=O) groups excluding carboxylic acids is 1. The fourth-order valence-electron chi connectivity index (χ4n) is 1.57. The van der Waals surface area contributed by atoms with Crippen molar-refractivity contribution in [3.8, 4) is 0 Å². The van der Waals surface area contributed by atoms with E-state index in [4.69, 9.17) is 23.2 Å². The van der Waals surface area contributed by atoms with E-state index in [1.54, 1.807) is 23.5 Å². The van der Waals surface area contributed by atoms with Crippen LogP contribution in [-0.4, -0.2) is 5.78 Å². The van der Waals surface area contributed by atoms with Gasteiger partial charge < -0.3 is 0 Å². The lowest BCUT2D eigenvalue weighted by Crippen LogP contribution is -2.05. The smallest absolute Gasteiger partial charge is 0.142 e. The van der Waals surface area contributed by atoms with Crippen molar-refractivity contribution < 1.29 is 4.79 Å². The number of benzene rings is 1. The predicted octanol–water partition coefficient (Wildman–Crippen LogP) is 5.17. The maximum atomic E-state index is 11.9. The quantitative estimate of drug-likeness (QED) is 0.732. The largest absolute Gasteiger partial charge is 0.299 e. The van der Waals surface area contributed by atoms with E-state index in [0.717, 1.165) is 14.9 Å². The first-order valence-electron chi connectivity index (χ1n) is 5.24. The molecule has 0 aliphatic rings. The average molecular weight is 364 g/mol. The van der Waals surface area contributed by atoms with Gasteiger partial charge in [0.15, 0.2) is 0 Å². The molecule has 2 aromatic rings. The Kier molecular flexibility index (Phi) is 4.84. The molecule has 0 aliphatic heterocycles. The zero-order chi connectivity index (χ0) is 13.1. The standard InChI is InChI=1S/C13H9BrCl2OS/c14-10-3-4-18-13(10)7-9(17)5-8-1-2-11(15)12(16)6-8/h1-4,6H,5,7H2. The molecule has 0 N–H and O–H groups in total. The van der Waals surface area contributed by atoms with E-state index in [1.807, 2.05) is 17.5 Å². The van der Waals surface area contributed by atoms with E-state index in [2.05, 4.69) is 15.9 Å². The molecule has 0 atom stereocenters. The molecule has 0 saturated carbocycles. The van der Waals surface area contributed by atoms with Crippen molar-refractivity contribution in [2.24, 2.45) is 0 Å². The van der Waals surface area contributed by atoms with E-state index in [0.29, 0.717) is 22.9 Å². The summed E-state index contributed by atoms with van der Waals surface area (Å²) in [6.07, 6.45) is 0.819.